The number of hydrogen-bond donors (Lipinski definition) is 2. The summed E-state index contributed by atoms with van der Waals surface area (Å²) in [5.74, 6) is 2.10. The van der Waals surface area contributed by atoms with E-state index in [4.69, 9.17) is 16.3 Å². The van der Waals surface area contributed by atoms with Crippen molar-refractivity contribution in [3.8, 4) is 5.75 Å². The largest absolute Gasteiger partial charge is 0.495 e. The van der Waals surface area contributed by atoms with E-state index in [2.05, 4.69) is 20.6 Å². The van der Waals surface area contributed by atoms with Crippen LogP contribution in [0.1, 0.15) is 6.92 Å². The molecular formula is C13H15ClN4O. The van der Waals surface area contributed by atoms with Crippen LogP contribution in [0.2, 0.25) is 5.02 Å². The average Bonchev–Trinajstić information content (AvgIpc) is 2.42. The summed E-state index contributed by atoms with van der Waals surface area (Å²) in [7, 11) is 1.58. The van der Waals surface area contributed by atoms with E-state index in [1.165, 1.54) is 6.33 Å². The highest BCUT2D eigenvalue weighted by atomic mass is 35.5. The number of ether oxygens (including phenoxy) is 1. The molecule has 2 aromatic rings. The Balaban J connectivity index is 2.18. The number of nitrogens with zero attached hydrogens (tertiary/aromatic N) is 2. The summed E-state index contributed by atoms with van der Waals surface area (Å²) in [4.78, 5) is 8.27. The molecule has 19 heavy (non-hydrogen) atoms. The summed E-state index contributed by atoms with van der Waals surface area (Å²) in [5.41, 5.74) is 0.849. The molecule has 0 aliphatic carbocycles. The lowest BCUT2D eigenvalue weighted by atomic mass is 10.3. The summed E-state index contributed by atoms with van der Waals surface area (Å²) in [6.07, 6.45) is 1.51. The Morgan fingerprint density at radius 1 is 1.21 bits per heavy atom. The van der Waals surface area contributed by atoms with Gasteiger partial charge >= 0.3 is 0 Å². The molecule has 2 N–H and O–H groups in total. The molecule has 0 amide bonds. The number of hydrogen-bond acceptors (Lipinski definition) is 5. The molecule has 1 heterocycles. The first-order valence-electron chi connectivity index (χ1n) is 5.89. The predicted octanol–water partition coefficient (Wildman–Crippen LogP) is 3.31. The van der Waals surface area contributed by atoms with E-state index >= 15 is 0 Å². The molecule has 0 radical (unpaired) electrons. The molecule has 1 aromatic carbocycles. The van der Waals surface area contributed by atoms with Gasteiger partial charge in [-0.3, -0.25) is 0 Å². The van der Waals surface area contributed by atoms with Crippen LogP contribution in [0.25, 0.3) is 0 Å². The first-order chi connectivity index (χ1) is 9.22. The minimum atomic E-state index is 0.573. The van der Waals surface area contributed by atoms with Gasteiger partial charge in [0.1, 0.15) is 23.7 Å². The second-order valence-electron chi connectivity index (χ2n) is 3.79. The third-order valence-electron chi connectivity index (χ3n) is 2.45. The van der Waals surface area contributed by atoms with Crippen LogP contribution in [-0.4, -0.2) is 23.6 Å². The monoisotopic (exact) mass is 278 g/mol. The Morgan fingerprint density at radius 2 is 2.00 bits per heavy atom. The van der Waals surface area contributed by atoms with Gasteiger partial charge in [0.2, 0.25) is 0 Å². The Hall–Kier alpha value is -2.01. The van der Waals surface area contributed by atoms with Gasteiger partial charge in [-0.15, -0.1) is 0 Å². The number of nitrogens with one attached hydrogen (secondary N) is 2. The first kappa shape index (κ1) is 13.4. The predicted molar refractivity (Wildman–Crippen MR) is 77.5 cm³/mol. The van der Waals surface area contributed by atoms with Crippen molar-refractivity contribution in [2.45, 2.75) is 6.92 Å². The molecule has 0 aliphatic rings. The van der Waals surface area contributed by atoms with E-state index < -0.39 is 0 Å². The van der Waals surface area contributed by atoms with Gasteiger partial charge in [0.25, 0.3) is 0 Å². The van der Waals surface area contributed by atoms with Crippen LogP contribution in [0, 0.1) is 0 Å². The maximum atomic E-state index is 5.98. The SMILES string of the molecule is CCNc1cc(Nc2ccc(Cl)c(OC)c2)ncn1. The highest BCUT2D eigenvalue weighted by Gasteiger charge is 2.03. The van der Waals surface area contributed by atoms with Crippen molar-refractivity contribution in [3.05, 3.63) is 35.6 Å². The fraction of sp³-hybridized carbons (Fsp3) is 0.231. The lowest BCUT2D eigenvalue weighted by Gasteiger charge is -2.09. The first-order valence-corrected chi connectivity index (χ1v) is 6.27. The quantitative estimate of drug-likeness (QED) is 0.879. The highest BCUT2D eigenvalue weighted by Crippen LogP contribution is 2.28. The highest BCUT2D eigenvalue weighted by molar-refractivity contribution is 6.32. The van der Waals surface area contributed by atoms with Crippen molar-refractivity contribution in [2.75, 3.05) is 24.3 Å². The average molecular weight is 279 g/mol. The van der Waals surface area contributed by atoms with Crippen LogP contribution >= 0.6 is 11.6 Å². The van der Waals surface area contributed by atoms with Crippen molar-refractivity contribution in [3.63, 3.8) is 0 Å². The number of anilines is 3. The molecule has 0 bridgehead atoms. The van der Waals surface area contributed by atoms with E-state index in [-0.39, 0.29) is 0 Å². The summed E-state index contributed by atoms with van der Waals surface area (Å²) in [6, 6.07) is 7.29. The fourth-order valence-electron chi connectivity index (χ4n) is 1.59. The van der Waals surface area contributed by atoms with Gasteiger partial charge in [0, 0.05) is 24.4 Å². The second-order valence-corrected chi connectivity index (χ2v) is 4.20. The molecule has 6 heteroatoms. The molecule has 2 rings (SSSR count). The Labute approximate surface area is 117 Å². The second kappa shape index (κ2) is 6.24. The van der Waals surface area contributed by atoms with Gasteiger partial charge in [0.05, 0.1) is 12.1 Å². The summed E-state index contributed by atoms with van der Waals surface area (Å²) in [6.45, 7) is 2.82. The minimum absolute atomic E-state index is 0.573. The molecule has 0 aliphatic heterocycles. The summed E-state index contributed by atoms with van der Waals surface area (Å²) >= 11 is 5.98. The van der Waals surface area contributed by atoms with E-state index in [9.17, 15) is 0 Å². The van der Waals surface area contributed by atoms with Gasteiger partial charge in [-0.1, -0.05) is 11.6 Å². The smallest absolute Gasteiger partial charge is 0.139 e. The number of aromatic nitrogens is 2. The van der Waals surface area contributed by atoms with Crippen LogP contribution in [0.4, 0.5) is 17.3 Å². The van der Waals surface area contributed by atoms with Crippen LogP contribution in [-0.2, 0) is 0 Å². The van der Waals surface area contributed by atoms with Gasteiger partial charge in [0.15, 0.2) is 0 Å². The zero-order valence-corrected chi connectivity index (χ0v) is 11.5. The van der Waals surface area contributed by atoms with Crippen LogP contribution in [0.3, 0.4) is 0 Å². The molecule has 100 valence electrons. The minimum Gasteiger partial charge on any atom is -0.495 e. The topological polar surface area (TPSA) is 59.1 Å². The third-order valence-corrected chi connectivity index (χ3v) is 2.76. The summed E-state index contributed by atoms with van der Waals surface area (Å²) < 4.78 is 5.17. The van der Waals surface area contributed by atoms with Crippen LogP contribution in [0.15, 0.2) is 30.6 Å². The van der Waals surface area contributed by atoms with Crippen molar-refractivity contribution in [1.82, 2.24) is 9.97 Å². The Kier molecular flexibility index (Phi) is 4.41. The van der Waals surface area contributed by atoms with Crippen molar-refractivity contribution in [2.24, 2.45) is 0 Å². The van der Waals surface area contributed by atoms with E-state index in [1.54, 1.807) is 13.2 Å². The molecular weight excluding hydrogens is 264 g/mol. The summed E-state index contributed by atoms with van der Waals surface area (Å²) in [5, 5.41) is 6.88. The molecule has 0 spiro atoms. The van der Waals surface area contributed by atoms with Crippen molar-refractivity contribution < 1.29 is 4.74 Å². The number of rotatable bonds is 5. The number of methoxy groups -OCH3 is 1. The van der Waals surface area contributed by atoms with E-state index in [1.807, 2.05) is 25.1 Å². The van der Waals surface area contributed by atoms with Crippen LogP contribution in [0.5, 0.6) is 5.75 Å². The molecule has 0 unspecified atom stereocenters. The molecule has 0 saturated carbocycles. The van der Waals surface area contributed by atoms with E-state index in [0.717, 1.165) is 18.1 Å². The van der Waals surface area contributed by atoms with Gasteiger partial charge in [-0.2, -0.15) is 0 Å². The van der Waals surface area contributed by atoms with E-state index in [0.29, 0.717) is 16.6 Å². The normalized spacial score (nSPS) is 10.1. The molecule has 0 atom stereocenters. The fourth-order valence-corrected chi connectivity index (χ4v) is 1.78. The van der Waals surface area contributed by atoms with Crippen LogP contribution < -0.4 is 15.4 Å². The van der Waals surface area contributed by atoms with Crippen molar-refractivity contribution >= 4 is 28.9 Å². The maximum absolute atomic E-state index is 5.98. The van der Waals surface area contributed by atoms with Gasteiger partial charge in [-0.25, -0.2) is 9.97 Å². The lowest BCUT2D eigenvalue weighted by molar-refractivity contribution is 0.415. The number of benzene rings is 1. The molecule has 0 fully saturated rings. The Bertz CT molecular complexity index is 562. The Morgan fingerprint density at radius 3 is 2.74 bits per heavy atom. The standard InChI is InChI=1S/C13H15ClN4O/c1-3-15-12-7-13(17-8-16-12)18-9-4-5-10(14)11(6-9)19-2/h4-8H,3H2,1-2H3,(H2,15,16,17,18). The lowest BCUT2D eigenvalue weighted by Crippen LogP contribution is -2.01. The van der Waals surface area contributed by atoms with Gasteiger partial charge < -0.3 is 15.4 Å². The molecule has 1 aromatic heterocycles. The number of halogens is 1. The van der Waals surface area contributed by atoms with Crippen molar-refractivity contribution in [1.29, 1.82) is 0 Å². The maximum Gasteiger partial charge on any atom is 0.139 e. The zero-order valence-electron chi connectivity index (χ0n) is 10.8. The molecule has 5 nitrogen and oxygen atoms in total. The zero-order chi connectivity index (χ0) is 13.7. The third kappa shape index (κ3) is 3.48. The van der Waals surface area contributed by atoms with Gasteiger partial charge in [-0.05, 0) is 19.1 Å². The molecule has 0 saturated heterocycles.